The Morgan fingerprint density at radius 2 is 0.708 bits per heavy atom. The van der Waals surface area contributed by atoms with Gasteiger partial charge in [-0.3, -0.25) is 0 Å². The summed E-state index contributed by atoms with van der Waals surface area (Å²) in [5, 5.41) is 0. The van der Waals surface area contributed by atoms with E-state index in [1.165, 1.54) is 38.5 Å². The van der Waals surface area contributed by atoms with E-state index in [-0.39, 0.29) is 16.6 Å². The first-order valence-corrected chi connectivity index (χ1v) is 10.3. The van der Waals surface area contributed by atoms with Crippen molar-refractivity contribution in [1.82, 2.24) is 0 Å². The molecule has 4 nitrogen and oxygen atoms in total. The van der Waals surface area contributed by atoms with Crippen molar-refractivity contribution in [2.45, 2.75) is 99.2 Å². The topological polar surface area (TPSA) is 104 Å². The van der Waals surface area contributed by atoms with Gasteiger partial charge in [-0.15, -0.1) is 0 Å². The molecule has 8 bridgehead atoms. The van der Waals surface area contributed by atoms with Crippen LogP contribution < -0.4 is 22.9 Å². The maximum absolute atomic E-state index is 6.33. The third-order valence-electron chi connectivity index (χ3n) is 8.28. The molecule has 0 aromatic carbocycles. The van der Waals surface area contributed by atoms with Crippen molar-refractivity contribution in [2.75, 3.05) is 0 Å². The fourth-order valence-electron chi connectivity index (χ4n) is 8.84. The quantitative estimate of drug-likeness (QED) is 0.544. The van der Waals surface area contributed by atoms with Gasteiger partial charge in [0, 0.05) is 22.2 Å². The van der Waals surface area contributed by atoms with Crippen LogP contribution in [0.3, 0.4) is 0 Å². The lowest BCUT2D eigenvalue weighted by molar-refractivity contribution is -0.0335. The minimum absolute atomic E-state index is 0.0249. The molecule has 0 saturated heterocycles. The van der Waals surface area contributed by atoms with Crippen molar-refractivity contribution < 1.29 is 0 Å². The molecule has 0 aromatic rings. The SMILES string of the molecule is NC12CC3CC(CC(C3)C1)C2.NC12CC3CC(N)(C1)CC(N)(C3)C2. The van der Waals surface area contributed by atoms with Crippen LogP contribution in [0.15, 0.2) is 0 Å². The molecule has 136 valence electrons. The molecule has 0 aromatic heterocycles. The summed E-state index contributed by atoms with van der Waals surface area (Å²) in [6, 6.07) is 0. The highest BCUT2D eigenvalue weighted by Gasteiger charge is 2.59. The van der Waals surface area contributed by atoms with Gasteiger partial charge in [0.05, 0.1) is 0 Å². The molecule has 8 fully saturated rings. The van der Waals surface area contributed by atoms with Crippen molar-refractivity contribution in [2.24, 2.45) is 46.6 Å². The first kappa shape index (κ1) is 16.0. The van der Waals surface area contributed by atoms with Crippen LogP contribution in [0.4, 0.5) is 0 Å². The average Bonchev–Trinajstić information content (AvgIpc) is 2.29. The number of hydrogen-bond donors (Lipinski definition) is 4. The zero-order valence-corrected chi connectivity index (χ0v) is 15.1. The zero-order valence-electron chi connectivity index (χ0n) is 15.1. The van der Waals surface area contributed by atoms with Crippen LogP contribution in [-0.4, -0.2) is 22.2 Å². The van der Waals surface area contributed by atoms with Gasteiger partial charge in [-0.05, 0) is 101 Å². The number of rotatable bonds is 0. The highest BCUT2D eigenvalue weighted by molar-refractivity contribution is 5.20. The van der Waals surface area contributed by atoms with E-state index in [1.807, 2.05) is 0 Å². The molecule has 0 atom stereocenters. The Morgan fingerprint density at radius 3 is 0.958 bits per heavy atom. The van der Waals surface area contributed by atoms with E-state index in [0.29, 0.717) is 11.5 Å². The van der Waals surface area contributed by atoms with E-state index in [9.17, 15) is 0 Å². The lowest BCUT2D eigenvalue weighted by Crippen LogP contribution is -2.73. The van der Waals surface area contributed by atoms with Crippen LogP contribution in [0.25, 0.3) is 0 Å². The second-order valence-corrected chi connectivity index (χ2v) is 11.4. The van der Waals surface area contributed by atoms with E-state index >= 15 is 0 Å². The molecule has 24 heavy (non-hydrogen) atoms. The average molecular weight is 333 g/mol. The minimum Gasteiger partial charge on any atom is -0.325 e. The third-order valence-corrected chi connectivity index (χ3v) is 8.28. The second kappa shape index (κ2) is 4.76. The van der Waals surface area contributed by atoms with E-state index in [1.54, 1.807) is 0 Å². The summed E-state index contributed by atoms with van der Waals surface area (Å²) >= 11 is 0. The van der Waals surface area contributed by atoms with Crippen LogP contribution in [0, 0.1) is 23.7 Å². The Bertz CT molecular complexity index is 458. The van der Waals surface area contributed by atoms with Gasteiger partial charge in [0.15, 0.2) is 0 Å². The molecule has 8 rings (SSSR count). The van der Waals surface area contributed by atoms with Gasteiger partial charge in [0.25, 0.3) is 0 Å². The summed E-state index contributed by atoms with van der Waals surface area (Å²) in [4.78, 5) is 0. The minimum atomic E-state index is -0.0249. The maximum atomic E-state index is 6.33. The molecule has 0 heterocycles. The van der Waals surface area contributed by atoms with E-state index in [0.717, 1.165) is 56.3 Å². The Balaban J connectivity index is 0.000000110. The highest BCUT2D eigenvalue weighted by atomic mass is 15.0. The lowest BCUT2D eigenvalue weighted by Gasteiger charge is -2.63. The van der Waals surface area contributed by atoms with Crippen LogP contribution in [0.1, 0.15) is 77.0 Å². The van der Waals surface area contributed by atoms with E-state index < -0.39 is 0 Å². The van der Waals surface area contributed by atoms with Gasteiger partial charge in [-0.1, -0.05) is 0 Å². The molecular weight excluding hydrogens is 296 g/mol. The first-order valence-electron chi connectivity index (χ1n) is 10.3. The molecule has 0 amide bonds. The number of hydrogen-bond acceptors (Lipinski definition) is 4. The van der Waals surface area contributed by atoms with Gasteiger partial charge in [-0.25, -0.2) is 0 Å². The van der Waals surface area contributed by atoms with E-state index in [2.05, 4.69) is 0 Å². The normalized spacial score (nSPS) is 62.5. The van der Waals surface area contributed by atoms with Gasteiger partial charge < -0.3 is 22.9 Å². The molecule has 0 unspecified atom stereocenters. The molecule has 4 heteroatoms. The molecule has 0 aliphatic heterocycles. The first-order chi connectivity index (χ1) is 11.1. The summed E-state index contributed by atoms with van der Waals surface area (Å²) in [5.74, 6) is 3.76. The molecular formula is C20H36N4. The Labute approximate surface area is 146 Å². The smallest absolute Gasteiger partial charge is 0.0192 e. The third kappa shape index (κ3) is 2.65. The monoisotopic (exact) mass is 332 g/mol. The summed E-state index contributed by atoms with van der Waals surface area (Å²) in [7, 11) is 0. The molecule has 8 saturated carbocycles. The van der Waals surface area contributed by atoms with Crippen molar-refractivity contribution in [1.29, 1.82) is 0 Å². The van der Waals surface area contributed by atoms with Crippen LogP contribution >= 0.6 is 0 Å². The van der Waals surface area contributed by atoms with Gasteiger partial charge in [0.2, 0.25) is 0 Å². The van der Waals surface area contributed by atoms with Crippen molar-refractivity contribution in [3.8, 4) is 0 Å². The molecule has 0 spiro atoms. The summed E-state index contributed by atoms with van der Waals surface area (Å²) in [5.41, 5.74) is 25.5. The van der Waals surface area contributed by atoms with Crippen molar-refractivity contribution in [3.63, 3.8) is 0 Å². The predicted octanol–water partition coefficient (Wildman–Crippen LogP) is 1.99. The Hall–Kier alpha value is -0.160. The standard InChI is InChI=1S/C10H19N3.C10H17N/c11-8-1-7-2-9(12,4-8)6-10(13,3-7)5-8;11-10-4-7-1-8(5-10)3-9(2-7)6-10/h7H,1-6,11-13H2;7-9H,1-6,11H2. The van der Waals surface area contributed by atoms with Gasteiger partial charge >= 0.3 is 0 Å². The highest BCUT2D eigenvalue weighted by Crippen LogP contribution is 2.56. The predicted molar refractivity (Wildman–Crippen MR) is 97.0 cm³/mol. The Morgan fingerprint density at radius 1 is 0.417 bits per heavy atom. The van der Waals surface area contributed by atoms with Gasteiger partial charge in [-0.2, -0.15) is 0 Å². The van der Waals surface area contributed by atoms with Crippen LogP contribution in [0.5, 0.6) is 0 Å². The zero-order chi connectivity index (χ0) is 16.8. The Kier molecular flexibility index (Phi) is 3.18. The molecule has 8 N–H and O–H groups in total. The fraction of sp³-hybridized carbons (Fsp3) is 1.00. The lowest BCUT2D eigenvalue weighted by atomic mass is 9.48. The van der Waals surface area contributed by atoms with Crippen LogP contribution in [-0.2, 0) is 0 Å². The van der Waals surface area contributed by atoms with E-state index in [4.69, 9.17) is 22.9 Å². The van der Waals surface area contributed by atoms with Gasteiger partial charge in [0.1, 0.15) is 0 Å². The number of nitrogens with two attached hydrogens (primary N) is 4. The largest absolute Gasteiger partial charge is 0.325 e. The van der Waals surface area contributed by atoms with Crippen molar-refractivity contribution >= 4 is 0 Å². The second-order valence-electron chi connectivity index (χ2n) is 11.4. The summed E-state index contributed by atoms with van der Waals surface area (Å²) in [6.45, 7) is 0. The van der Waals surface area contributed by atoms with Crippen LogP contribution in [0.2, 0.25) is 0 Å². The molecule has 8 aliphatic rings. The fourth-order valence-corrected chi connectivity index (χ4v) is 8.84. The summed E-state index contributed by atoms with van der Waals surface area (Å²) in [6.07, 6.45) is 15.0. The summed E-state index contributed by atoms with van der Waals surface area (Å²) < 4.78 is 0. The molecule has 0 radical (unpaired) electrons. The maximum Gasteiger partial charge on any atom is 0.0192 e. The van der Waals surface area contributed by atoms with Crippen molar-refractivity contribution in [3.05, 3.63) is 0 Å². The molecule has 8 aliphatic carbocycles.